The van der Waals surface area contributed by atoms with Crippen molar-refractivity contribution in [2.75, 3.05) is 0 Å². The molecule has 4 heteroatoms. The molecule has 1 aromatic heterocycles. The molecule has 2 aliphatic rings. The van der Waals surface area contributed by atoms with E-state index < -0.39 is 5.41 Å². The molecule has 0 unspecified atom stereocenters. The maximum absolute atomic E-state index is 11.7. The third-order valence-corrected chi connectivity index (χ3v) is 4.53. The molecule has 0 saturated heterocycles. The van der Waals surface area contributed by atoms with Gasteiger partial charge in [-0.05, 0) is 58.7 Å². The Morgan fingerprint density at radius 1 is 1.38 bits per heavy atom. The van der Waals surface area contributed by atoms with Crippen molar-refractivity contribution >= 4 is 21.8 Å². The molecule has 0 atom stereocenters. The first kappa shape index (κ1) is 10.3. The zero-order valence-corrected chi connectivity index (χ0v) is 10.5. The molecule has 3 nitrogen and oxygen atoms in total. The van der Waals surface area contributed by atoms with Crippen molar-refractivity contribution in [1.82, 2.24) is 4.98 Å². The molecule has 2 N–H and O–H groups in total. The van der Waals surface area contributed by atoms with Gasteiger partial charge in [-0.1, -0.05) is 6.07 Å². The number of hydrogen-bond donors (Lipinski definition) is 1. The lowest BCUT2D eigenvalue weighted by molar-refractivity contribution is -0.129. The highest BCUT2D eigenvalue weighted by Gasteiger charge is 2.64. The lowest BCUT2D eigenvalue weighted by atomic mass is 9.56. The van der Waals surface area contributed by atoms with E-state index in [2.05, 4.69) is 20.9 Å². The Morgan fingerprint density at radius 3 is 2.50 bits per heavy atom. The highest BCUT2D eigenvalue weighted by molar-refractivity contribution is 9.10. The minimum atomic E-state index is -0.440. The van der Waals surface area contributed by atoms with Crippen molar-refractivity contribution in [3.05, 3.63) is 28.5 Å². The molecule has 1 spiro atoms. The van der Waals surface area contributed by atoms with Gasteiger partial charge in [0.2, 0.25) is 5.91 Å². The Hall–Kier alpha value is -0.900. The fourth-order valence-corrected chi connectivity index (χ4v) is 3.17. The van der Waals surface area contributed by atoms with E-state index in [1.165, 1.54) is 12.8 Å². The number of amides is 1. The Balaban J connectivity index is 1.95. The summed E-state index contributed by atoms with van der Waals surface area (Å²) in [6.07, 6.45) is 6.11. The van der Waals surface area contributed by atoms with Gasteiger partial charge < -0.3 is 5.73 Å². The van der Waals surface area contributed by atoms with Crippen LogP contribution in [0.3, 0.4) is 0 Å². The lowest BCUT2D eigenvalue weighted by Gasteiger charge is -2.46. The van der Waals surface area contributed by atoms with Gasteiger partial charge in [0.15, 0.2) is 0 Å². The van der Waals surface area contributed by atoms with E-state index in [4.69, 9.17) is 5.73 Å². The second-order valence-corrected chi connectivity index (χ2v) is 5.98. The summed E-state index contributed by atoms with van der Waals surface area (Å²) >= 11 is 3.30. The minimum absolute atomic E-state index is 0.200. The number of aromatic nitrogens is 1. The fourth-order valence-electron chi connectivity index (χ4n) is 2.94. The number of primary amides is 1. The average molecular weight is 281 g/mol. The molecule has 0 aliphatic heterocycles. The summed E-state index contributed by atoms with van der Waals surface area (Å²) in [7, 11) is 0. The van der Waals surface area contributed by atoms with Crippen LogP contribution in [-0.2, 0) is 10.2 Å². The number of carbonyl (C=O) groups excluding carboxylic acids is 1. The van der Waals surface area contributed by atoms with Crippen molar-refractivity contribution < 1.29 is 4.79 Å². The number of hydrogen-bond acceptors (Lipinski definition) is 2. The van der Waals surface area contributed by atoms with Crippen LogP contribution >= 0.6 is 15.9 Å². The first-order valence-corrected chi connectivity index (χ1v) is 6.28. The zero-order valence-electron chi connectivity index (χ0n) is 8.87. The van der Waals surface area contributed by atoms with E-state index in [1.807, 2.05) is 12.1 Å². The van der Waals surface area contributed by atoms with Crippen LogP contribution in [0.15, 0.2) is 22.9 Å². The quantitative estimate of drug-likeness (QED) is 0.844. The molecule has 0 bridgehead atoms. The van der Waals surface area contributed by atoms with Crippen LogP contribution in [0.25, 0.3) is 0 Å². The monoisotopic (exact) mass is 280 g/mol. The Kier molecular flexibility index (Phi) is 1.97. The molecule has 2 fully saturated rings. The summed E-state index contributed by atoms with van der Waals surface area (Å²) in [6, 6.07) is 3.83. The van der Waals surface area contributed by atoms with Crippen LogP contribution < -0.4 is 5.73 Å². The van der Waals surface area contributed by atoms with Crippen LogP contribution in [0.4, 0.5) is 0 Å². The largest absolute Gasteiger partial charge is 0.369 e. The SMILES string of the molecule is NC(=O)C1(c2ccc(Br)nc2)CC2(CC2)C1. The molecule has 3 rings (SSSR count). The number of pyridine rings is 1. The third kappa shape index (κ3) is 1.32. The number of rotatable bonds is 2. The van der Waals surface area contributed by atoms with Gasteiger partial charge in [-0.25, -0.2) is 4.98 Å². The normalized spacial score (nSPS) is 23.8. The smallest absolute Gasteiger partial charge is 0.228 e. The molecule has 84 valence electrons. The predicted octanol–water partition coefficient (Wildman–Crippen LogP) is 2.14. The van der Waals surface area contributed by atoms with Crippen molar-refractivity contribution in [1.29, 1.82) is 0 Å². The summed E-state index contributed by atoms with van der Waals surface area (Å²) in [5, 5.41) is 0. The van der Waals surface area contributed by atoms with E-state index in [0.29, 0.717) is 5.41 Å². The van der Waals surface area contributed by atoms with Gasteiger partial charge in [-0.3, -0.25) is 4.79 Å². The molecule has 0 radical (unpaired) electrons. The molecule has 16 heavy (non-hydrogen) atoms. The predicted molar refractivity (Wildman–Crippen MR) is 63.7 cm³/mol. The number of carbonyl (C=O) groups is 1. The number of halogens is 1. The molecule has 1 amide bonds. The third-order valence-electron chi connectivity index (χ3n) is 4.06. The first-order chi connectivity index (χ1) is 7.56. The molecular weight excluding hydrogens is 268 g/mol. The van der Waals surface area contributed by atoms with Crippen LogP contribution in [-0.4, -0.2) is 10.9 Å². The summed E-state index contributed by atoms with van der Waals surface area (Å²) in [6.45, 7) is 0. The molecule has 2 saturated carbocycles. The highest BCUT2D eigenvalue weighted by atomic mass is 79.9. The van der Waals surface area contributed by atoms with Crippen LogP contribution in [0, 0.1) is 5.41 Å². The lowest BCUT2D eigenvalue weighted by Crippen LogP contribution is -2.52. The van der Waals surface area contributed by atoms with E-state index in [9.17, 15) is 4.79 Å². The molecular formula is C12H13BrN2O. The summed E-state index contributed by atoms with van der Waals surface area (Å²) in [5.74, 6) is -0.200. The van der Waals surface area contributed by atoms with Gasteiger partial charge in [-0.15, -0.1) is 0 Å². The highest BCUT2D eigenvalue weighted by Crippen LogP contribution is 2.68. The topological polar surface area (TPSA) is 56.0 Å². The average Bonchev–Trinajstić information content (AvgIpc) is 2.95. The van der Waals surface area contributed by atoms with Crippen LogP contribution in [0.5, 0.6) is 0 Å². The van der Waals surface area contributed by atoms with E-state index in [1.54, 1.807) is 6.20 Å². The summed E-state index contributed by atoms with van der Waals surface area (Å²) < 4.78 is 0.788. The van der Waals surface area contributed by atoms with Crippen molar-refractivity contribution in [3.8, 4) is 0 Å². The fraction of sp³-hybridized carbons (Fsp3) is 0.500. The van der Waals surface area contributed by atoms with Crippen molar-refractivity contribution in [2.24, 2.45) is 11.1 Å². The molecule has 1 heterocycles. The van der Waals surface area contributed by atoms with Gasteiger partial charge in [-0.2, -0.15) is 0 Å². The Labute approximate surface area is 103 Å². The van der Waals surface area contributed by atoms with Crippen LogP contribution in [0.2, 0.25) is 0 Å². The molecule has 1 aromatic rings. The molecule has 0 aromatic carbocycles. The van der Waals surface area contributed by atoms with Crippen molar-refractivity contribution in [2.45, 2.75) is 31.1 Å². The maximum atomic E-state index is 11.7. The summed E-state index contributed by atoms with van der Waals surface area (Å²) in [4.78, 5) is 15.9. The van der Waals surface area contributed by atoms with Gasteiger partial charge >= 0.3 is 0 Å². The zero-order chi connectivity index (χ0) is 11.4. The van der Waals surface area contributed by atoms with Gasteiger partial charge in [0.25, 0.3) is 0 Å². The van der Waals surface area contributed by atoms with Crippen LogP contribution in [0.1, 0.15) is 31.2 Å². The number of nitrogens with two attached hydrogens (primary N) is 1. The van der Waals surface area contributed by atoms with Gasteiger partial charge in [0.1, 0.15) is 4.60 Å². The van der Waals surface area contributed by atoms with Crippen molar-refractivity contribution in [3.63, 3.8) is 0 Å². The van der Waals surface area contributed by atoms with Gasteiger partial charge in [0.05, 0.1) is 5.41 Å². The maximum Gasteiger partial charge on any atom is 0.228 e. The standard InChI is InChI=1S/C12H13BrN2O/c13-9-2-1-8(5-15-9)12(10(14)16)6-11(7-12)3-4-11/h1-2,5H,3-4,6-7H2,(H2,14,16). The van der Waals surface area contributed by atoms with Gasteiger partial charge in [0, 0.05) is 6.20 Å². The number of nitrogens with zero attached hydrogens (tertiary/aromatic N) is 1. The second kappa shape index (κ2) is 3.06. The first-order valence-electron chi connectivity index (χ1n) is 5.48. The Morgan fingerprint density at radius 2 is 2.06 bits per heavy atom. The minimum Gasteiger partial charge on any atom is -0.369 e. The second-order valence-electron chi connectivity index (χ2n) is 5.17. The van der Waals surface area contributed by atoms with E-state index in [0.717, 1.165) is 23.0 Å². The van der Waals surface area contributed by atoms with E-state index >= 15 is 0 Å². The summed E-state index contributed by atoms with van der Waals surface area (Å²) in [5.41, 5.74) is 6.55. The Bertz CT molecular complexity index is 443. The molecule has 2 aliphatic carbocycles. The van der Waals surface area contributed by atoms with E-state index in [-0.39, 0.29) is 5.91 Å².